The summed E-state index contributed by atoms with van der Waals surface area (Å²) >= 11 is -1.65. The quantitative estimate of drug-likeness (QED) is 0.0848. The van der Waals surface area contributed by atoms with Crippen molar-refractivity contribution in [2.24, 2.45) is 0 Å². The van der Waals surface area contributed by atoms with Crippen LogP contribution in [0.1, 0.15) is 149 Å². The van der Waals surface area contributed by atoms with E-state index in [0.29, 0.717) is 23.7 Å². The molecule has 0 aromatic heterocycles. The van der Waals surface area contributed by atoms with E-state index in [0.717, 1.165) is 12.8 Å². The van der Waals surface area contributed by atoms with E-state index in [4.69, 9.17) is 34.1 Å². The second-order valence-corrected chi connectivity index (χ2v) is 25.2. The second kappa shape index (κ2) is 38.3. The van der Waals surface area contributed by atoms with Gasteiger partial charge in [0.25, 0.3) is 0 Å². The Labute approximate surface area is 459 Å². The van der Waals surface area contributed by atoms with Gasteiger partial charge in [-0.2, -0.15) is 37.1 Å². The van der Waals surface area contributed by atoms with Crippen LogP contribution < -0.4 is 0 Å². The third kappa shape index (κ3) is 23.5. The molecule has 0 aliphatic heterocycles. The van der Waals surface area contributed by atoms with E-state index < -0.39 is 41.7 Å². The molecule has 8 aromatic rings. The molecule has 8 rings (SSSR count). The third-order valence-electron chi connectivity index (χ3n) is 11.0. The number of benzene rings is 4. The van der Waals surface area contributed by atoms with Crippen molar-refractivity contribution in [2.45, 2.75) is 146 Å². The summed E-state index contributed by atoms with van der Waals surface area (Å²) in [5.74, 6) is 2.46. The van der Waals surface area contributed by atoms with Gasteiger partial charge in [0.15, 0.2) is 0 Å². The summed E-state index contributed by atoms with van der Waals surface area (Å²) in [6.07, 6.45) is 4.61. The molecule has 0 aliphatic carbocycles. The molecule has 0 aliphatic rings. The fourth-order valence-corrected chi connectivity index (χ4v) is 8.00. The zero-order valence-corrected chi connectivity index (χ0v) is 53.6. The van der Waals surface area contributed by atoms with Crippen molar-refractivity contribution < 1.29 is 41.7 Å². The van der Waals surface area contributed by atoms with Gasteiger partial charge < -0.3 is 13.8 Å². The number of rotatable bonds is 7. The van der Waals surface area contributed by atoms with Gasteiger partial charge in [-0.1, -0.05) is 156 Å². The fraction of sp³-hybridized carbons (Fsp3) is 0.367. The summed E-state index contributed by atoms with van der Waals surface area (Å²) in [7, 11) is 25.7. The zero-order valence-electron chi connectivity index (χ0n) is 43.6. The van der Waals surface area contributed by atoms with Crippen molar-refractivity contribution >= 4 is 97.6 Å². The molecule has 0 amide bonds. The minimum atomic E-state index is -0.826. The molecule has 6 radical (unpaired) electrons. The average Bonchev–Trinajstić information content (AvgIpc) is 4.10. The van der Waals surface area contributed by atoms with Crippen LogP contribution in [-0.2, 0) is 41.7 Å². The Morgan fingerprint density at radius 2 is 0.574 bits per heavy atom. The molecule has 68 heavy (non-hydrogen) atoms. The van der Waals surface area contributed by atoms with E-state index in [9.17, 15) is 0 Å². The first kappa shape index (κ1) is 66.7. The molecule has 0 spiro atoms. The maximum absolute atomic E-state index is 4.93. The van der Waals surface area contributed by atoms with Gasteiger partial charge in [0.05, 0.1) is 0 Å². The number of hydrogen-bond donors (Lipinski definition) is 0. The van der Waals surface area contributed by atoms with Gasteiger partial charge >= 0.3 is 75.7 Å². The molecule has 0 saturated heterocycles. The summed E-state index contributed by atoms with van der Waals surface area (Å²) in [4.78, 5) is 0. The van der Waals surface area contributed by atoms with Crippen LogP contribution in [0.25, 0.3) is 43.1 Å². The summed E-state index contributed by atoms with van der Waals surface area (Å²) in [5, 5.41) is 11.2. The predicted octanol–water partition coefficient (Wildman–Crippen LogP) is 21.3. The Bertz CT molecular complexity index is 2160. The van der Waals surface area contributed by atoms with E-state index in [1.54, 1.807) is 13.1 Å². The van der Waals surface area contributed by atoms with Crippen LogP contribution >= 0.6 is 34.1 Å². The van der Waals surface area contributed by atoms with Crippen molar-refractivity contribution in [1.82, 2.24) is 0 Å². The van der Waals surface area contributed by atoms with E-state index in [-0.39, 0.29) is 0 Å². The minimum absolute atomic E-state index is 0.616. The first-order chi connectivity index (χ1) is 32.5. The molecule has 0 saturated carbocycles. The Morgan fingerprint density at radius 1 is 0.397 bits per heavy atom. The number of unbranched alkanes of at least 4 members (excludes halogenated alkanes) is 3. The first-order valence-electron chi connectivity index (χ1n) is 23.6. The number of halogens is 4. The van der Waals surface area contributed by atoms with Crippen molar-refractivity contribution in [3.05, 3.63) is 180 Å². The van der Waals surface area contributed by atoms with Crippen molar-refractivity contribution in [3.63, 3.8) is 0 Å². The van der Waals surface area contributed by atoms with E-state index in [2.05, 4.69) is 239 Å². The summed E-state index contributed by atoms with van der Waals surface area (Å²) in [6.45, 7) is 37.6. The zero-order chi connectivity index (χ0) is 51.9. The summed E-state index contributed by atoms with van der Waals surface area (Å²) < 4.78 is 0. The van der Waals surface area contributed by atoms with Crippen LogP contribution in [0.3, 0.4) is 0 Å². The van der Waals surface area contributed by atoms with Gasteiger partial charge in [0, 0.05) is 20.5 Å². The van der Waals surface area contributed by atoms with Crippen LogP contribution in [0.15, 0.2) is 121 Å². The van der Waals surface area contributed by atoms with Crippen LogP contribution in [0.2, 0.25) is 13.1 Å². The van der Waals surface area contributed by atoms with Crippen molar-refractivity contribution in [2.75, 3.05) is 0 Å². The molecule has 0 atom stereocenters. The van der Waals surface area contributed by atoms with Crippen LogP contribution in [0.4, 0.5) is 0 Å². The molecule has 8 heteroatoms. The van der Waals surface area contributed by atoms with Gasteiger partial charge in [0.1, 0.15) is 0 Å². The van der Waals surface area contributed by atoms with Gasteiger partial charge in [0.2, 0.25) is 0 Å². The van der Waals surface area contributed by atoms with E-state index in [1.165, 1.54) is 100 Å². The molecule has 0 heterocycles. The molecule has 0 fully saturated rings. The SMILES string of the molecule is C[Si].C[Si].Cc1cc2c(C(C)C)cccc2[cH-]1.Cc1cc2c(C(C)C)cccc2[cH-]1.Cc1cc2c(C(C)C)cccc2[cH-]1.Cc1cc2c(C(C)C)cccc2[cH-]1.[CH2-]CCCC[CH2-].[Cl][Zr][Cl].[Cl][Zr][Cl]. The molecule has 0 nitrogen and oxygen atoms in total. The number of fused-ring (bicyclic) bond motifs is 4. The standard InChI is InChI=1S/4C13H15.C6H12.2CH3Si.4ClH.2Zr/c4*1-9(2)12-6-4-5-11-7-10(3)8-13(11)12;1-3-5-6-4-2;2*1-2;;;;;;/h4*4-9H,1-3H3;1-6H2;2*1H3;4*1H;;/q4*-1;-2;;;;;;;2*+2/p-4. The van der Waals surface area contributed by atoms with Crippen molar-refractivity contribution in [3.8, 4) is 0 Å². The van der Waals surface area contributed by atoms with Crippen LogP contribution in [-0.4, -0.2) is 20.5 Å². The van der Waals surface area contributed by atoms with Gasteiger partial charge in [-0.15, -0.1) is 138 Å². The van der Waals surface area contributed by atoms with Crippen molar-refractivity contribution in [1.29, 1.82) is 0 Å². The molecule has 0 N–H and O–H groups in total. The molecular formula is C60H78Cl4Si2Zr2-6. The van der Waals surface area contributed by atoms with E-state index >= 15 is 0 Å². The Morgan fingerprint density at radius 3 is 0.721 bits per heavy atom. The average molecular weight is 1180 g/mol. The monoisotopic (exact) mass is 1170 g/mol. The fourth-order valence-electron chi connectivity index (χ4n) is 8.00. The normalized spacial score (nSPS) is 10.1. The van der Waals surface area contributed by atoms with Crippen LogP contribution in [0.5, 0.6) is 0 Å². The molecule has 0 unspecified atom stereocenters. The predicted molar refractivity (Wildman–Crippen MR) is 309 cm³/mol. The first-order valence-corrected chi connectivity index (χ1v) is 38.3. The Hall–Kier alpha value is -1.32. The summed E-state index contributed by atoms with van der Waals surface area (Å²) in [5.41, 5.74) is 11.3. The van der Waals surface area contributed by atoms with Gasteiger partial charge in [-0.25, -0.2) is 0 Å². The van der Waals surface area contributed by atoms with E-state index in [1.807, 2.05) is 0 Å². The molecular weight excluding hydrogens is 1100 g/mol. The van der Waals surface area contributed by atoms with Crippen LogP contribution in [0, 0.1) is 41.5 Å². The summed E-state index contributed by atoms with van der Waals surface area (Å²) in [6, 6.07) is 44.4. The van der Waals surface area contributed by atoms with Gasteiger partial charge in [-0.05, 0) is 23.7 Å². The molecule has 8 aromatic carbocycles. The molecule has 368 valence electrons. The number of aryl methyl sites for hydroxylation is 4. The maximum atomic E-state index is 4.93. The number of hydrogen-bond acceptors (Lipinski definition) is 0. The molecule has 0 bridgehead atoms. The Balaban J connectivity index is 0.000000798. The Kier molecular flexibility index (Phi) is 37.6. The van der Waals surface area contributed by atoms with Gasteiger partial charge in [-0.3, -0.25) is 0 Å². The topological polar surface area (TPSA) is 0 Å². The second-order valence-electron chi connectivity index (χ2n) is 17.7. The third-order valence-corrected chi connectivity index (χ3v) is 11.0.